The number of carbonyl (C=O) groups is 1. The quantitative estimate of drug-likeness (QED) is 0.870. The normalized spacial score (nSPS) is 11.1. The fourth-order valence-electron chi connectivity index (χ4n) is 2.28. The number of halogens is 1. The second kappa shape index (κ2) is 7.44. The minimum atomic E-state index is -4.07. The van der Waals surface area contributed by atoms with Crippen molar-refractivity contribution in [1.82, 2.24) is 4.90 Å². The Morgan fingerprint density at radius 1 is 1.08 bits per heavy atom. The third kappa shape index (κ3) is 3.91. The van der Waals surface area contributed by atoms with Gasteiger partial charge in [-0.1, -0.05) is 18.2 Å². The zero-order valence-corrected chi connectivity index (χ0v) is 14.3. The second-order valence-corrected chi connectivity index (χ2v) is 6.74. The van der Waals surface area contributed by atoms with E-state index in [0.717, 1.165) is 6.07 Å². The molecule has 5 nitrogen and oxygen atoms in total. The van der Waals surface area contributed by atoms with Gasteiger partial charge in [-0.25, -0.2) is 12.8 Å². The largest absolute Gasteiger partial charge is 0.339 e. The molecule has 1 N–H and O–H groups in total. The van der Waals surface area contributed by atoms with Crippen molar-refractivity contribution in [3.05, 3.63) is 59.9 Å². The summed E-state index contributed by atoms with van der Waals surface area (Å²) >= 11 is 0. The van der Waals surface area contributed by atoms with Gasteiger partial charge in [0.15, 0.2) is 0 Å². The Hall–Kier alpha value is -2.41. The number of carbonyl (C=O) groups excluding carboxylic acids is 1. The van der Waals surface area contributed by atoms with Crippen LogP contribution in [0.1, 0.15) is 24.2 Å². The van der Waals surface area contributed by atoms with Crippen molar-refractivity contribution >= 4 is 21.6 Å². The van der Waals surface area contributed by atoms with E-state index in [-0.39, 0.29) is 11.6 Å². The maximum atomic E-state index is 13.7. The molecule has 2 aromatic carbocycles. The highest BCUT2D eigenvalue weighted by molar-refractivity contribution is 7.92. The van der Waals surface area contributed by atoms with E-state index in [9.17, 15) is 17.6 Å². The molecule has 0 aliphatic rings. The van der Waals surface area contributed by atoms with Gasteiger partial charge in [0, 0.05) is 24.3 Å². The first kappa shape index (κ1) is 17.9. The van der Waals surface area contributed by atoms with Gasteiger partial charge in [-0.05, 0) is 44.2 Å². The van der Waals surface area contributed by atoms with Crippen LogP contribution < -0.4 is 4.72 Å². The molecule has 0 unspecified atom stereocenters. The highest BCUT2D eigenvalue weighted by atomic mass is 32.2. The number of nitrogens with one attached hydrogen (secondary N) is 1. The second-order valence-electron chi connectivity index (χ2n) is 5.09. The fourth-order valence-corrected chi connectivity index (χ4v) is 3.41. The summed E-state index contributed by atoms with van der Waals surface area (Å²) in [6.45, 7) is 4.85. The van der Waals surface area contributed by atoms with Crippen LogP contribution in [0.15, 0.2) is 53.4 Å². The van der Waals surface area contributed by atoms with Crippen LogP contribution in [-0.4, -0.2) is 32.3 Å². The Bertz CT molecular complexity index is 833. The molecule has 0 spiro atoms. The van der Waals surface area contributed by atoms with Crippen LogP contribution in [0.5, 0.6) is 0 Å². The number of benzene rings is 2. The van der Waals surface area contributed by atoms with Gasteiger partial charge in [0.05, 0.1) is 0 Å². The van der Waals surface area contributed by atoms with Gasteiger partial charge in [-0.2, -0.15) is 0 Å². The van der Waals surface area contributed by atoms with Crippen molar-refractivity contribution in [2.75, 3.05) is 17.8 Å². The molecule has 24 heavy (non-hydrogen) atoms. The van der Waals surface area contributed by atoms with Gasteiger partial charge in [-0.3, -0.25) is 9.52 Å². The predicted octanol–water partition coefficient (Wildman–Crippen LogP) is 3.11. The first-order chi connectivity index (χ1) is 11.4. The van der Waals surface area contributed by atoms with E-state index < -0.39 is 20.7 Å². The van der Waals surface area contributed by atoms with Crippen molar-refractivity contribution in [2.45, 2.75) is 18.7 Å². The van der Waals surface area contributed by atoms with E-state index in [2.05, 4.69) is 4.72 Å². The Balaban J connectivity index is 2.30. The monoisotopic (exact) mass is 350 g/mol. The highest BCUT2D eigenvalue weighted by Crippen LogP contribution is 2.20. The van der Waals surface area contributed by atoms with Crippen molar-refractivity contribution in [2.24, 2.45) is 0 Å². The molecule has 0 aromatic heterocycles. The topological polar surface area (TPSA) is 66.5 Å². The van der Waals surface area contributed by atoms with Crippen molar-refractivity contribution in [3.8, 4) is 0 Å². The summed E-state index contributed by atoms with van der Waals surface area (Å²) in [5.74, 6) is -1.02. The molecular formula is C17H19FN2O3S. The van der Waals surface area contributed by atoms with Crippen LogP contribution in [0.4, 0.5) is 10.1 Å². The van der Waals surface area contributed by atoms with Crippen LogP contribution in [0.2, 0.25) is 0 Å². The van der Waals surface area contributed by atoms with Crippen LogP contribution >= 0.6 is 0 Å². The summed E-state index contributed by atoms with van der Waals surface area (Å²) in [5, 5.41) is 0. The molecule has 0 aliphatic heterocycles. The van der Waals surface area contributed by atoms with Crippen molar-refractivity contribution in [3.63, 3.8) is 0 Å². The lowest BCUT2D eigenvalue weighted by Crippen LogP contribution is -2.30. The van der Waals surface area contributed by atoms with Gasteiger partial charge in [0.25, 0.3) is 15.9 Å². The van der Waals surface area contributed by atoms with Crippen LogP contribution in [0, 0.1) is 5.82 Å². The number of anilines is 1. The SMILES string of the molecule is CCN(CC)C(=O)c1cccc(NS(=O)(=O)c2ccccc2F)c1. The molecule has 0 radical (unpaired) electrons. The molecule has 0 saturated heterocycles. The van der Waals surface area contributed by atoms with E-state index >= 15 is 0 Å². The Kier molecular flexibility index (Phi) is 5.56. The molecule has 2 rings (SSSR count). The first-order valence-corrected chi connectivity index (χ1v) is 9.04. The van der Waals surface area contributed by atoms with Gasteiger partial charge in [-0.15, -0.1) is 0 Å². The molecule has 0 aliphatic carbocycles. The summed E-state index contributed by atoms with van der Waals surface area (Å²) in [7, 11) is -4.07. The maximum absolute atomic E-state index is 13.7. The lowest BCUT2D eigenvalue weighted by molar-refractivity contribution is 0.0773. The highest BCUT2D eigenvalue weighted by Gasteiger charge is 2.19. The van der Waals surface area contributed by atoms with E-state index in [1.807, 2.05) is 13.8 Å². The molecule has 0 heterocycles. The Labute approximate surface area is 141 Å². The summed E-state index contributed by atoms with van der Waals surface area (Å²) in [4.78, 5) is 13.5. The molecular weight excluding hydrogens is 331 g/mol. The molecule has 128 valence electrons. The summed E-state index contributed by atoms with van der Waals surface area (Å²) < 4.78 is 40.6. The van der Waals surface area contributed by atoms with Crippen LogP contribution in [0.3, 0.4) is 0 Å². The molecule has 2 aromatic rings. The molecule has 0 saturated carbocycles. The third-order valence-electron chi connectivity index (χ3n) is 3.54. The summed E-state index contributed by atoms with van der Waals surface area (Å²) in [6.07, 6.45) is 0. The van der Waals surface area contributed by atoms with Crippen LogP contribution in [0.25, 0.3) is 0 Å². The molecule has 0 fully saturated rings. The van der Waals surface area contributed by atoms with Gasteiger partial charge in [0.1, 0.15) is 10.7 Å². The molecule has 0 bridgehead atoms. The number of rotatable bonds is 6. The zero-order valence-electron chi connectivity index (χ0n) is 13.5. The van der Waals surface area contributed by atoms with Gasteiger partial charge < -0.3 is 4.90 Å². The predicted molar refractivity (Wildman–Crippen MR) is 90.9 cm³/mol. The number of hydrogen-bond donors (Lipinski definition) is 1. The lowest BCUT2D eigenvalue weighted by Gasteiger charge is -2.19. The average molecular weight is 350 g/mol. The molecule has 0 atom stereocenters. The zero-order chi connectivity index (χ0) is 17.7. The van der Waals surface area contributed by atoms with Crippen molar-refractivity contribution < 1.29 is 17.6 Å². The van der Waals surface area contributed by atoms with E-state index in [1.54, 1.807) is 17.0 Å². The summed E-state index contributed by atoms with van der Waals surface area (Å²) in [5.41, 5.74) is 0.573. The lowest BCUT2D eigenvalue weighted by atomic mass is 10.2. The standard InChI is InChI=1S/C17H19FN2O3S/c1-3-20(4-2)17(21)13-8-7-9-14(12-13)19-24(22,23)16-11-6-5-10-15(16)18/h5-12,19H,3-4H2,1-2H3. The minimum Gasteiger partial charge on any atom is -0.339 e. The number of sulfonamides is 1. The van der Waals surface area contributed by atoms with Crippen LogP contribution in [-0.2, 0) is 10.0 Å². The fraction of sp³-hybridized carbons (Fsp3) is 0.235. The van der Waals surface area contributed by atoms with Crippen molar-refractivity contribution in [1.29, 1.82) is 0 Å². The number of hydrogen-bond acceptors (Lipinski definition) is 3. The van der Waals surface area contributed by atoms with E-state index in [4.69, 9.17) is 0 Å². The summed E-state index contributed by atoms with van der Waals surface area (Å²) in [6, 6.07) is 11.3. The van der Waals surface area contributed by atoms with Gasteiger partial charge >= 0.3 is 0 Å². The smallest absolute Gasteiger partial charge is 0.264 e. The molecule has 7 heteroatoms. The maximum Gasteiger partial charge on any atom is 0.264 e. The number of nitrogens with zero attached hydrogens (tertiary/aromatic N) is 1. The van der Waals surface area contributed by atoms with Gasteiger partial charge in [0.2, 0.25) is 0 Å². The Morgan fingerprint density at radius 3 is 2.38 bits per heavy atom. The molecule has 1 amide bonds. The average Bonchev–Trinajstić information content (AvgIpc) is 2.56. The van der Waals surface area contributed by atoms with E-state index in [0.29, 0.717) is 18.7 Å². The first-order valence-electron chi connectivity index (χ1n) is 7.55. The Morgan fingerprint density at radius 2 is 1.75 bits per heavy atom. The number of amides is 1. The minimum absolute atomic E-state index is 0.188. The van der Waals surface area contributed by atoms with E-state index in [1.165, 1.54) is 30.3 Å². The third-order valence-corrected chi connectivity index (χ3v) is 4.95.